The van der Waals surface area contributed by atoms with E-state index >= 15 is 0 Å². The van der Waals surface area contributed by atoms with E-state index < -0.39 is 0 Å². The predicted molar refractivity (Wildman–Crippen MR) is 122 cm³/mol. The minimum absolute atomic E-state index is 0.00483. The summed E-state index contributed by atoms with van der Waals surface area (Å²) in [4.78, 5) is 28.7. The molecule has 1 atom stereocenters. The molecule has 1 fully saturated rings. The lowest BCUT2D eigenvalue weighted by atomic mass is 9.95. The average Bonchev–Trinajstić information content (AvgIpc) is 2.74. The molecule has 0 aromatic heterocycles. The molecule has 5 nitrogen and oxygen atoms in total. The Kier molecular flexibility index (Phi) is 7.77. The van der Waals surface area contributed by atoms with Gasteiger partial charge < -0.3 is 10.2 Å². The van der Waals surface area contributed by atoms with Crippen LogP contribution >= 0.6 is 0 Å². The highest BCUT2D eigenvalue weighted by molar-refractivity contribution is 5.96. The highest BCUT2D eigenvalue weighted by Gasteiger charge is 2.27. The number of anilines is 1. The number of ketones is 1. The van der Waals surface area contributed by atoms with Crippen LogP contribution in [0, 0.1) is 5.92 Å². The zero-order chi connectivity index (χ0) is 21.5. The van der Waals surface area contributed by atoms with Crippen LogP contribution in [0.4, 0.5) is 5.69 Å². The molecule has 0 aliphatic carbocycles. The van der Waals surface area contributed by atoms with Gasteiger partial charge in [0.2, 0.25) is 5.91 Å². The number of hydrogen-bond donors (Lipinski definition) is 1. The van der Waals surface area contributed by atoms with Gasteiger partial charge in [0.05, 0.1) is 6.04 Å². The Morgan fingerprint density at radius 1 is 1.07 bits per heavy atom. The molecule has 1 heterocycles. The summed E-state index contributed by atoms with van der Waals surface area (Å²) in [6, 6.07) is 17.5. The van der Waals surface area contributed by atoms with Crippen molar-refractivity contribution in [1.29, 1.82) is 0 Å². The second-order valence-electron chi connectivity index (χ2n) is 8.46. The molecule has 3 rings (SSSR count). The first-order valence-corrected chi connectivity index (χ1v) is 10.8. The number of carbonyl (C=O) groups excluding carboxylic acids is 2. The highest BCUT2D eigenvalue weighted by atomic mass is 16.2. The summed E-state index contributed by atoms with van der Waals surface area (Å²) in [5.41, 5.74) is 2.73. The zero-order valence-electron chi connectivity index (χ0n) is 18.3. The minimum Gasteiger partial charge on any atom is -0.325 e. The van der Waals surface area contributed by atoms with Gasteiger partial charge in [-0.1, -0.05) is 30.3 Å². The van der Waals surface area contributed by atoms with Crippen molar-refractivity contribution < 1.29 is 9.59 Å². The topological polar surface area (TPSA) is 52.7 Å². The summed E-state index contributed by atoms with van der Waals surface area (Å²) in [5.74, 6) is 0.702. The van der Waals surface area contributed by atoms with Crippen LogP contribution in [0.15, 0.2) is 54.6 Å². The van der Waals surface area contributed by atoms with E-state index in [1.165, 1.54) is 5.56 Å². The van der Waals surface area contributed by atoms with Crippen molar-refractivity contribution in [3.8, 4) is 0 Å². The van der Waals surface area contributed by atoms with Crippen LogP contribution in [0.1, 0.15) is 42.6 Å². The number of hydrogen-bond acceptors (Lipinski definition) is 4. The molecular weight excluding hydrogens is 374 g/mol. The van der Waals surface area contributed by atoms with Gasteiger partial charge in [-0.2, -0.15) is 0 Å². The molecule has 2 aromatic carbocycles. The molecule has 0 spiro atoms. The minimum atomic E-state index is -0.166. The molecule has 2 aromatic rings. The fourth-order valence-electron chi connectivity index (χ4n) is 4.12. The van der Waals surface area contributed by atoms with E-state index in [2.05, 4.69) is 52.5 Å². The van der Waals surface area contributed by atoms with E-state index in [9.17, 15) is 9.59 Å². The third kappa shape index (κ3) is 6.25. The first-order chi connectivity index (χ1) is 14.4. The molecule has 1 aliphatic rings. The van der Waals surface area contributed by atoms with Gasteiger partial charge in [0.25, 0.3) is 0 Å². The molecular formula is C25H33N3O2. The molecule has 1 N–H and O–H groups in total. The van der Waals surface area contributed by atoms with Crippen molar-refractivity contribution in [2.75, 3.05) is 32.0 Å². The van der Waals surface area contributed by atoms with Crippen molar-refractivity contribution in [2.45, 2.75) is 39.3 Å². The molecule has 1 aliphatic heterocycles. The van der Waals surface area contributed by atoms with Crippen LogP contribution in [0.2, 0.25) is 0 Å². The second-order valence-corrected chi connectivity index (χ2v) is 8.46. The molecule has 30 heavy (non-hydrogen) atoms. The number of rotatable bonds is 8. The standard InChI is InChI=1S/C25H33N3O2/c1-19(25(30)26-24-11-9-23(10-12-24)20(2)29)28-15-13-22(14-16-28)18-27(3)17-21-7-5-4-6-8-21/h4-12,19,22H,13-18H2,1-3H3,(H,26,30). The fraction of sp³-hybridized carbons (Fsp3) is 0.440. The molecule has 1 amide bonds. The summed E-state index contributed by atoms with van der Waals surface area (Å²) in [6.07, 6.45) is 2.23. The van der Waals surface area contributed by atoms with E-state index in [4.69, 9.17) is 0 Å². The number of amides is 1. The maximum absolute atomic E-state index is 12.7. The first-order valence-electron chi connectivity index (χ1n) is 10.8. The van der Waals surface area contributed by atoms with Crippen molar-refractivity contribution in [3.05, 3.63) is 65.7 Å². The smallest absolute Gasteiger partial charge is 0.241 e. The highest BCUT2D eigenvalue weighted by Crippen LogP contribution is 2.21. The Morgan fingerprint density at radius 3 is 2.30 bits per heavy atom. The molecule has 0 radical (unpaired) electrons. The summed E-state index contributed by atoms with van der Waals surface area (Å²) in [7, 11) is 2.19. The summed E-state index contributed by atoms with van der Waals surface area (Å²) in [5, 5.41) is 2.98. The van der Waals surface area contributed by atoms with Crippen molar-refractivity contribution in [2.24, 2.45) is 5.92 Å². The van der Waals surface area contributed by atoms with Gasteiger partial charge in [0, 0.05) is 24.3 Å². The van der Waals surface area contributed by atoms with Crippen LogP contribution in [0.25, 0.3) is 0 Å². The maximum Gasteiger partial charge on any atom is 0.241 e. The maximum atomic E-state index is 12.7. The van der Waals surface area contributed by atoms with Gasteiger partial charge in [0.1, 0.15) is 0 Å². The van der Waals surface area contributed by atoms with Crippen LogP contribution in [0.5, 0.6) is 0 Å². The van der Waals surface area contributed by atoms with Crippen LogP contribution in [-0.2, 0) is 11.3 Å². The third-order valence-corrected chi connectivity index (χ3v) is 6.00. The Bertz CT molecular complexity index is 827. The van der Waals surface area contributed by atoms with E-state index in [0.717, 1.165) is 44.7 Å². The Balaban J connectivity index is 1.43. The zero-order valence-corrected chi connectivity index (χ0v) is 18.3. The number of Topliss-reactive ketones (excluding diaryl/α,β-unsaturated/α-hetero) is 1. The molecule has 1 saturated heterocycles. The molecule has 0 bridgehead atoms. The third-order valence-electron chi connectivity index (χ3n) is 6.00. The van der Waals surface area contributed by atoms with Gasteiger partial charge in [0.15, 0.2) is 5.78 Å². The van der Waals surface area contributed by atoms with Crippen LogP contribution in [0.3, 0.4) is 0 Å². The molecule has 0 saturated carbocycles. The van der Waals surface area contributed by atoms with Crippen LogP contribution in [-0.4, -0.2) is 54.2 Å². The van der Waals surface area contributed by atoms with Gasteiger partial charge >= 0.3 is 0 Å². The Labute approximate surface area is 180 Å². The van der Waals surface area contributed by atoms with E-state index in [-0.39, 0.29) is 17.7 Å². The lowest BCUT2D eigenvalue weighted by Crippen LogP contribution is -2.47. The van der Waals surface area contributed by atoms with E-state index in [1.54, 1.807) is 31.2 Å². The number of piperidine rings is 1. The molecule has 1 unspecified atom stereocenters. The number of carbonyl (C=O) groups is 2. The lowest BCUT2D eigenvalue weighted by molar-refractivity contribution is -0.121. The first kappa shape index (κ1) is 22.2. The molecule has 5 heteroatoms. The van der Waals surface area contributed by atoms with Gasteiger partial charge in [-0.05, 0) is 82.6 Å². The van der Waals surface area contributed by atoms with E-state index in [0.29, 0.717) is 11.5 Å². The monoisotopic (exact) mass is 407 g/mol. The number of nitrogens with one attached hydrogen (secondary N) is 1. The summed E-state index contributed by atoms with van der Waals surface area (Å²) < 4.78 is 0. The van der Waals surface area contributed by atoms with Crippen molar-refractivity contribution >= 4 is 17.4 Å². The van der Waals surface area contributed by atoms with Crippen molar-refractivity contribution in [1.82, 2.24) is 9.80 Å². The van der Waals surface area contributed by atoms with Gasteiger partial charge in [-0.25, -0.2) is 0 Å². The Morgan fingerprint density at radius 2 is 1.70 bits per heavy atom. The normalized spacial score (nSPS) is 16.4. The number of nitrogens with zero attached hydrogens (tertiary/aromatic N) is 2. The number of likely N-dealkylation sites (tertiary alicyclic amines) is 1. The second kappa shape index (κ2) is 10.5. The predicted octanol–water partition coefficient (Wildman–Crippen LogP) is 4.06. The van der Waals surface area contributed by atoms with E-state index in [1.807, 2.05) is 6.92 Å². The quantitative estimate of drug-likeness (QED) is 0.671. The SMILES string of the molecule is CC(=O)c1ccc(NC(=O)C(C)N2CCC(CN(C)Cc3ccccc3)CC2)cc1. The van der Waals surface area contributed by atoms with Gasteiger partial charge in [-0.3, -0.25) is 14.5 Å². The summed E-state index contributed by atoms with van der Waals surface area (Å²) >= 11 is 0. The van der Waals surface area contributed by atoms with Gasteiger partial charge in [-0.15, -0.1) is 0 Å². The number of benzene rings is 2. The van der Waals surface area contributed by atoms with Crippen LogP contribution < -0.4 is 5.32 Å². The molecule has 160 valence electrons. The Hall–Kier alpha value is -2.50. The van der Waals surface area contributed by atoms with Crippen molar-refractivity contribution in [3.63, 3.8) is 0 Å². The average molecular weight is 408 g/mol. The fourth-order valence-corrected chi connectivity index (χ4v) is 4.12. The lowest BCUT2D eigenvalue weighted by Gasteiger charge is -2.36. The largest absolute Gasteiger partial charge is 0.325 e. The summed E-state index contributed by atoms with van der Waals surface area (Å²) in [6.45, 7) is 7.47.